The Balaban J connectivity index is 1.58. The molecule has 0 aliphatic carbocycles. The lowest BCUT2D eigenvalue weighted by molar-refractivity contribution is 0.252. The molecule has 0 unspecified atom stereocenters. The molecule has 1 aromatic carbocycles. The van der Waals surface area contributed by atoms with Crippen LogP contribution in [0, 0.1) is 0 Å². The van der Waals surface area contributed by atoms with Crippen molar-refractivity contribution in [3.8, 4) is 0 Å². The Morgan fingerprint density at radius 3 is 2.45 bits per heavy atom. The van der Waals surface area contributed by atoms with Crippen LogP contribution in [-0.2, 0) is 6.54 Å². The van der Waals surface area contributed by atoms with Crippen LogP contribution in [0.25, 0.3) is 0 Å². The van der Waals surface area contributed by atoms with Crippen molar-refractivity contribution in [3.63, 3.8) is 0 Å². The number of hydrogen-bond acceptors (Lipinski definition) is 4. The standard InChI is InChI=1S/C15H18BrN3S/c16-15-6-5-12(20-15)11-18-7-9-19(10-8-18)14-4-2-1-3-13(14)17/h1-6H,7-11,17H2. The number of halogens is 1. The van der Waals surface area contributed by atoms with Crippen LogP contribution in [-0.4, -0.2) is 31.1 Å². The molecule has 2 N–H and O–H groups in total. The number of anilines is 2. The van der Waals surface area contributed by atoms with Gasteiger partial charge in [-0.05, 0) is 40.2 Å². The number of nitrogen functional groups attached to an aromatic ring is 1. The highest BCUT2D eigenvalue weighted by Crippen LogP contribution is 2.26. The van der Waals surface area contributed by atoms with Crippen LogP contribution in [0.2, 0.25) is 0 Å². The van der Waals surface area contributed by atoms with E-state index >= 15 is 0 Å². The Morgan fingerprint density at radius 2 is 1.80 bits per heavy atom. The van der Waals surface area contributed by atoms with E-state index < -0.39 is 0 Å². The molecule has 106 valence electrons. The molecule has 1 aromatic heterocycles. The molecule has 1 fully saturated rings. The number of hydrogen-bond donors (Lipinski definition) is 1. The van der Waals surface area contributed by atoms with Gasteiger partial charge in [0.15, 0.2) is 0 Å². The summed E-state index contributed by atoms with van der Waals surface area (Å²) in [5, 5.41) is 0. The Kier molecular flexibility index (Phi) is 4.29. The van der Waals surface area contributed by atoms with Gasteiger partial charge in [-0.3, -0.25) is 4.90 Å². The van der Waals surface area contributed by atoms with Gasteiger partial charge in [-0.1, -0.05) is 12.1 Å². The van der Waals surface area contributed by atoms with Crippen molar-refractivity contribution in [2.45, 2.75) is 6.54 Å². The molecule has 20 heavy (non-hydrogen) atoms. The lowest BCUT2D eigenvalue weighted by atomic mass is 10.2. The lowest BCUT2D eigenvalue weighted by Gasteiger charge is -2.36. The highest BCUT2D eigenvalue weighted by molar-refractivity contribution is 9.11. The van der Waals surface area contributed by atoms with Gasteiger partial charge in [0, 0.05) is 37.6 Å². The first-order valence-corrected chi connectivity index (χ1v) is 8.39. The van der Waals surface area contributed by atoms with Gasteiger partial charge >= 0.3 is 0 Å². The first-order valence-electron chi connectivity index (χ1n) is 6.78. The highest BCUT2D eigenvalue weighted by Gasteiger charge is 2.18. The normalized spacial score (nSPS) is 16.6. The van der Waals surface area contributed by atoms with Gasteiger partial charge in [0.1, 0.15) is 0 Å². The SMILES string of the molecule is Nc1ccccc1N1CCN(Cc2ccc(Br)s2)CC1. The predicted molar refractivity (Wildman–Crippen MR) is 90.4 cm³/mol. The van der Waals surface area contributed by atoms with E-state index in [1.807, 2.05) is 23.5 Å². The van der Waals surface area contributed by atoms with Crippen LogP contribution in [0.1, 0.15) is 4.88 Å². The second kappa shape index (κ2) is 6.16. The molecule has 1 aliphatic heterocycles. The molecule has 0 atom stereocenters. The molecule has 2 heterocycles. The fraction of sp³-hybridized carbons (Fsp3) is 0.333. The maximum absolute atomic E-state index is 6.05. The van der Waals surface area contributed by atoms with Gasteiger partial charge in [-0.15, -0.1) is 11.3 Å². The Labute approximate surface area is 132 Å². The van der Waals surface area contributed by atoms with Gasteiger partial charge in [-0.2, -0.15) is 0 Å². The summed E-state index contributed by atoms with van der Waals surface area (Å²) in [5.74, 6) is 0. The summed E-state index contributed by atoms with van der Waals surface area (Å²) in [7, 11) is 0. The highest BCUT2D eigenvalue weighted by atomic mass is 79.9. The van der Waals surface area contributed by atoms with Crippen molar-refractivity contribution in [3.05, 3.63) is 45.1 Å². The maximum Gasteiger partial charge on any atom is 0.0701 e. The van der Waals surface area contributed by atoms with Crippen LogP contribution in [0.5, 0.6) is 0 Å². The average molecular weight is 352 g/mol. The van der Waals surface area contributed by atoms with Crippen molar-refractivity contribution >= 4 is 38.6 Å². The summed E-state index contributed by atoms with van der Waals surface area (Å²) in [6.07, 6.45) is 0. The summed E-state index contributed by atoms with van der Waals surface area (Å²) < 4.78 is 1.21. The van der Waals surface area contributed by atoms with E-state index in [-0.39, 0.29) is 0 Å². The van der Waals surface area contributed by atoms with Gasteiger partial charge in [0.2, 0.25) is 0 Å². The number of para-hydroxylation sites is 2. The molecule has 2 aromatic rings. The third kappa shape index (κ3) is 3.16. The number of nitrogens with two attached hydrogens (primary N) is 1. The molecular formula is C15H18BrN3S. The average Bonchev–Trinajstić information content (AvgIpc) is 2.86. The Hall–Kier alpha value is -1.04. The molecular weight excluding hydrogens is 334 g/mol. The number of rotatable bonds is 3. The zero-order chi connectivity index (χ0) is 13.9. The number of piperazine rings is 1. The maximum atomic E-state index is 6.05. The third-order valence-electron chi connectivity index (χ3n) is 3.66. The van der Waals surface area contributed by atoms with E-state index in [1.54, 1.807) is 0 Å². The number of benzene rings is 1. The lowest BCUT2D eigenvalue weighted by Crippen LogP contribution is -2.46. The second-order valence-electron chi connectivity index (χ2n) is 5.03. The van der Waals surface area contributed by atoms with E-state index in [4.69, 9.17) is 5.73 Å². The van der Waals surface area contributed by atoms with E-state index in [2.05, 4.69) is 50.0 Å². The van der Waals surface area contributed by atoms with Crippen molar-refractivity contribution in [1.29, 1.82) is 0 Å². The van der Waals surface area contributed by atoms with Crippen LogP contribution >= 0.6 is 27.3 Å². The molecule has 3 rings (SSSR count). The van der Waals surface area contributed by atoms with E-state index in [0.29, 0.717) is 0 Å². The van der Waals surface area contributed by atoms with Gasteiger partial charge in [-0.25, -0.2) is 0 Å². The smallest absolute Gasteiger partial charge is 0.0701 e. The fourth-order valence-electron chi connectivity index (χ4n) is 2.58. The first-order chi connectivity index (χ1) is 9.72. The fourth-order valence-corrected chi connectivity index (χ4v) is 4.11. The van der Waals surface area contributed by atoms with E-state index in [9.17, 15) is 0 Å². The van der Waals surface area contributed by atoms with Crippen molar-refractivity contribution in [2.75, 3.05) is 36.8 Å². The van der Waals surface area contributed by atoms with Crippen LogP contribution in [0.4, 0.5) is 11.4 Å². The molecule has 1 saturated heterocycles. The molecule has 3 nitrogen and oxygen atoms in total. The van der Waals surface area contributed by atoms with Gasteiger partial charge in [0.05, 0.1) is 15.2 Å². The zero-order valence-corrected chi connectivity index (χ0v) is 13.7. The Morgan fingerprint density at radius 1 is 1.05 bits per heavy atom. The molecule has 0 spiro atoms. The Bertz CT molecular complexity index is 576. The largest absolute Gasteiger partial charge is 0.397 e. The van der Waals surface area contributed by atoms with Crippen LogP contribution in [0.3, 0.4) is 0 Å². The molecule has 0 radical (unpaired) electrons. The summed E-state index contributed by atoms with van der Waals surface area (Å²) in [6.45, 7) is 5.31. The van der Waals surface area contributed by atoms with Crippen molar-refractivity contribution in [2.24, 2.45) is 0 Å². The molecule has 0 saturated carbocycles. The minimum atomic E-state index is 0.878. The van der Waals surface area contributed by atoms with Gasteiger partial charge < -0.3 is 10.6 Å². The minimum absolute atomic E-state index is 0.878. The summed E-state index contributed by atoms with van der Waals surface area (Å²) in [6, 6.07) is 12.5. The molecule has 5 heteroatoms. The van der Waals surface area contributed by atoms with Gasteiger partial charge in [0.25, 0.3) is 0 Å². The summed E-state index contributed by atoms with van der Waals surface area (Å²) in [5.41, 5.74) is 8.10. The quantitative estimate of drug-likeness (QED) is 0.860. The first kappa shape index (κ1) is 13.9. The number of nitrogens with zero attached hydrogens (tertiary/aromatic N) is 2. The van der Waals surface area contributed by atoms with E-state index in [1.165, 1.54) is 14.4 Å². The molecule has 0 amide bonds. The van der Waals surface area contributed by atoms with Crippen LogP contribution < -0.4 is 10.6 Å². The monoisotopic (exact) mass is 351 g/mol. The second-order valence-corrected chi connectivity index (χ2v) is 7.58. The van der Waals surface area contributed by atoms with E-state index in [0.717, 1.165) is 38.4 Å². The molecule has 0 bridgehead atoms. The van der Waals surface area contributed by atoms with Crippen molar-refractivity contribution in [1.82, 2.24) is 4.90 Å². The number of thiophene rings is 1. The van der Waals surface area contributed by atoms with Crippen LogP contribution in [0.15, 0.2) is 40.2 Å². The van der Waals surface area contributed by atoms with Crippen molar-refractivity contribution < 1.29 is 0 Å². The minimum Gasteiger partial charge on any atom is -0.397 e. The zero-order valence-electron chi connectivity index (χ0n) is 11.3. The third-order valence-corrected chi connectivity index (χ3v) is 5.27. The summed E-state index contributed by atoms with van der Waals surface area (Å²) >= 11 is 5.35. The summed E-state index contributed by atoms with van der Waals surface area (Å²) in [4.78, 5) is 6.31. The predicted octanol–water partition coefficient (Wildman–Crippen LogP) is 3.42. The topological polar surface area (TPSA) is 32.5 Å². The molecule has 1 aliphatic rings.